The number of nitrogens with two attached hydrogens (primary N) is 1. The van der Waals surface area contributed by atoms with Gasteiger partial charge in [0, 0.05) is 16.7 Å². The first-order valence-corrected chi connectivity index (χ1v) is 12.6. The number of amides is 2. The fraction of sp³-hybridized carbons (Fsp3) is 0.231. The Bertz CT molecular complexity index is 1640. The minimum absolute atomic E-state index is 0.0424. The van der Waals surface area contributed by atoms with Gasteiger partial charge < -0.3 is 25.9 Å². The highest BCUT2D eigenvalue weighted by Crippen LogP contribution is 2.42. The van der Waals surface area contributed by atoms with E-state index in [4.69, 9.17) is 10.5 Å². The second-order valence-corrected chi connectivity index (χ2v) is 9.71. The predicted molar refractivity (Wildman–Crippen MR) is 138 cm³/mol. The molecule has 0 fully saturated rings. The average Bonchev–Trinajstić information content (AvgIpc) is 3.26. The third-order valence-corrected chi connectivity index (χ3v) is 6.75. The van der Waals surface area contributed by atoms with Crippen LogP contribution in [-0.2, 0) is 16.8 Å². The van der Waals surface area contributed by atoms with E-state index in [-0.39, 0.29) is 39.6 Å². The number of primary amides is 1. The number of pyridine rings is 1. The van der Waals surface area contributed by atoms with Crippen molar-refractivity contribution < 1.29 is 37.0 Å². The van der Waals surface area contributed by atoms with Crippen LogP contribution in [0.2, 0.25) is 0 Å². The minimum atomic E-state index is -5.35. The van der Waals surface area contributed by atoms with E-state index in [0.29, 0.717) is 10.2 Å². The molecule has 2 aromatic carbocycles. The maximum atomic E-state index is 14.4. The molecule has 5 N–H and O–H groups in total. The normalized spacial score (nSPS) is 13.2. The monoisotopic (exact) mass is 578 g/mol. The molecule has 0 aliphatic heterocycles. The SMILES string of the molecule is CCOc1c(CC(N)=O)cc([C@@](O)(CNC(=O)c2ccc3[nH]c(=O)sc3c2)C(F)(F)F)nc1-c1ccc(F)cc1. The van der Waals surface area contributed by atoms with Crippen LogP contribution >= 0.6 is 11.3 Å². The third kappa shape index (κ3) is 5.82. The Kier molecular flexibility index (Phi) is 7.93. The number of ether oxygens (including phenoxy) is 1. The number of thiazole rings is 1. The third-order valence-electron chi connectivity index (χ3n) is 5.90. The number of carbonyl (C=O) groups excluding carboxylic acids is 2. The number of nitrogens with one attached hydrogen (secondary N) is 2. The quantitative estimate of drug-likeness (QED) is 0.224. The molecule has 0 bridgehead atoms. The summed E-state index contributed by atoms with van der Waals surface area (Å²) in [6.07, 6.45) is -5.91. The molecular weight excluding hydrogens is 556 g/mol. The Labute approximate surface area is 227 Å². The maximum absolute atomic E-state index is 14.4. The van der Waals surface area contributed by atoms with Crippen LogP contribution in [0, 0.1) is 5.82 Å². The van der Waals surface area contributed by atoms with Gasteiger partial charge in [-0.3, -0.25) is 14.4 Å². The van der Waals surface area contributed by atoms with E-state index >= 15 is 0 Å². The highest BCUT2D eigenvalue weighted by atomic mass is 32.1. The number of aliphatic hydroxyl groups is 1. The fourth-order valence-corrected chi connectivity index (χ4v) is 4.73. The summed E-state index contributed by atoms with van der Waals surface area (Å²) in [5.41, 5.74) is 0.902. The number of alkyl halides is 3. The second kappa shape index (κ2) is 11.1. The summed E-state index contributed by atoms with van der Waals surface area (Å²) < 4.78 is 62.9. The first-order valence-electron chi connectivity index (χ1n) is 11.7. The van der Waals surface area contributed by atoms with Crippen molar-refractivity contribution in [2.24, 2.45) is 5.73 Å². The summed E-state index contributed by atoms with van der Waals surface area (Å²) in [5.74, 6) is -2.53. The Morgan fingerprint density at radius 1 is 1.15 bits per heavy atom. The van der Waals surface area contributed by atoms with Crippen LogP contribution in [0.4, 0.5) is 17.6 Å². The molecule has 1 atom stereocenters. The van der Waals surface area contributed by atoms with Crippen molar-refractivity contribution >= 4 is 33.4 Å². The van der Waals surface area contributed by atoms with E-state index in [2.05, 4.69) is 15.3 Å². The Morgan fingerprint density at radius 2 is 1.85 bits per heavy atom. The molecule has 2 amide bonds. The van der Waals surface area contributed by atoms with E-state index in [0.717, 1.165) is 29.5 Å². The zero-order valence-corrected chi connectivity index (χ0v) is 21.6. The summed E-state index contributed by atoms with van der Waals surface area (Å²) in [5, 5.41) is 13.1. The van der Waals surface area contributed by atoms with Crippen molar-refractivity contribution in [2.75, 3.05) is 13.2 Å². The summed E-state index contributed by atoms with van der Waals surface area (Å²) in [7, 11) is 0. The number of fused-ring (bicyclic) bond motifs is 1. The molecule has 2 aromatic heterocycles. The fourth-order valence-electron chi connectivity index (χ4n) is 3.96. The van der Waals surface area contributed by atoms with Crippen LogP contribution in [0.5, 0.6) is 5.75 Å². The smallest absolute Gasteiger partial charge is 0.424 e. The van der Waals surface area contributed by atoms with E-state index < -0.39 is 48.1 Å². The van der Waals surface area contributed by atoms with Gasteiger partial charge in [-0.25, -0.2) is 9.37 Å². The van der Waals surface area contributed by atoms with Crippen molar-refractivity contribution in [3.8, 4) is 17.0 Å². The number of aromatic nitrogens is 2. The molecule has 0 saturated carbocycles. The number of carbonyl (C=O) groups is 2. The molecule has 0 radical (unpaired) electrons. The van der Waals surface area contributed by atoms with Gasteiger partial charge in [-0.1, -0.05) is 11.3 Å². The highest BCUT2D eigenvalue weighted by molar-refractivity contribution is 7.16. The molecule has 0 aliphatic carbocycles. The van der Waals surface area contributed by atoms with Crippen LogP contribution in [0.3, 0.4) is 0 Å². The minimum Gasteiger partial charge on any atom is -0.491 e. The largest absolute Gasteiger partial charge is 0.491 e. The van der Waals surface area contributed by atoms with E-state index in [1.165, 1.54) is 30.3 Å². The lowest BCUT2D eigenvalue weighted by Gasteiger charge is -2.31. The molecule has 2 heterocycles. The predicted octanol–water partition coefficient (Wildman–Crippen LogP) is 3.40. The van der Waals surface area contributed by atoms with Crippen LogP contribution in [0.15, 0.2) is 53.3 Å². The molecule has 210 valence electrons. The van der Waals surface area contributed by atoms with Crippen molar-refractivity contribution in [2.45, 2.75) is 25.1 Å². The van der Waals surface area contributed by atoms with Gasteiger partial charge in [-0.05, 0) is 55.5 Å². The van der Waals surface area contributed by atoms with Crippen molar-refractivity contribution in [3.63, 3.8) is 0 Å². The molecule has 4 rings (SSSR count). The molecule has 40 heavy (non-hydrogen) atoms. The number of halogens is 4. The van der Waals surface area contributed by atoms with Gasteiger partial charge in [0.1, 0.15) is 17.3 Å². The zero-order valence-electron chi connectivity index (χ0n) is 20.8. The topological polar surface area (TPSA) is 147 Å². The molecule has 4 aromatic rings. The van der Waals surface area contributed by atoms with Crippen LogP contribution in [0.1, 0.15) is 28.5 Å². The summed E-state index contributed by atoms with van der Waals surface area (Å²) in [4.78, 5) is 42.3. The standard InChI is InChI=1S/C26H22F4N4O5S/c1-2-39-22-15(11-20(31)35)10-19(34-21(22)13-3-6-16(27)7-4-13)25(38,26(28,29)30)12-32-23(36)14-5-8-17-18(9-14)40-24(37)33-17/h3-10,38H,2,11-12H2,1H3,(H2,31,35)(H,32,36)(H,33,37)/t25-/m0/s1. The Hall–Kier alpha value is -4.30. The van der Waals surface area contributed by atoms with Gasteiger partial charge in [-0.2, -0.15) is 13.2 Å². The van der Waals surface area contributed by atoms with Gasteiger partial charge in [0.25, 0.3) is 5.91 Å². The van der Waals surface area contributed by atoms with Crippen molar-refractivity contribution in [3.05, 3.63) is 80.8 Å². The van der Waals surface area contributed by atoms with Crippen LogP contribution in [0.25, 0.3) is 21.5 Å². The number of hydrogen-bond acceptors (Lipinski definition) is 7. The van der Waals surface area contributed by atoms with Gasteiger partial charge in [-0.15, -0.1) is 0 Å². The van der Waals surface area contributed by atoms with Gasteiger partial charge in [0.15, 0.2) is 0 Å². The summed E-state index contributed by atoms with van der Waals surface area (Å²) in [6, 6.07) is 9.51. The lowest BCUT2D eigenvalue weighted by Crippen LogP contribution is -2.51. The molecule has 0 aliphatic rings. The number of aromatic amines is 1. The number of hydrogen-bond donors (Lipinski definition) is 4. The van der Waals surface area contributed by atoms with Gasteiger partial charge in [0.2, 0.25) is 11.5 Å². The molecular formula is C26H22F4N4O5S. The molecule has 14 heteroatoms. The van der Waals surface area contributed by atoms with Gasteiger partial charge >= 0.3 is 11.0 Å². The maximum Gasteiger partial charge on any atom is 0.424 e. The number of H-pyrrole nitrogens is 1. The average molecular weight is 579 g/mol. The van der Waals surface area contributed by atoms with E-state index in [1.807, 2.05) is 0 Å². The van der Waals surface area contributed by atoms with Crippen LogP contribution in [-0.4, -0.2) is 46.2 Å². The number of nitrogens with zero attached hydrogens (tertiary/aromatic N) is 1. The lowest BCUT2D eigenvalue weighted by molar-refractivity contribution is -0.265. The first-order chi connectivity index (χ1) is 18.8. The van der Waals surface area contributed by atoms with E-state index in [9.17, 15) is 37.1 Å². The molecule has 0 spiro atoms. The molecule has 9 nitrogen and oxygen atoms in total. The zero-order chi connectivity index (χ0) is 29.2. The second-order valence-electron chi connectivity index (χ2n) is 8.69. The Balaban J connectivity index is 1.79. The van der Waals surface area contributed by atoms with Gasteiger partial charge in [0.05, 0.1) is 35.5 Å². The van der Waals surface area contributed by atoms with Crippen molar-refractivity contribution in [1.82, 2.24) is 15.3 Å². The Morgan fingerprint density at radius 3 is 2.48 bits per heavy atom. The number of rotatable bonds is 9. The highest BCUT2D eigenvalue weighted by Gasteiger charge is 2.56. The summed E-state index contributed by atoms with van der Waals surface area (Å²) >= 11 is 0.817. The molecule has 0 saturated heterocycles. The lowest BCUT2D eigenvalue weighted by atomic mass is 9.93. The van der Waals surface area contributed by atoms with Crippen LogP contribution < -0.4 is 20.7 Å². The number of benzene rings is 2. The van der Waals surface area contributed by atoms with Crippen molar-refractivity contribution in [1.29, 1.82) is 0 Å². The molecule has 0 unspecified atom stereocenters. The van der Waals surface area contributed by atoms with E-state index in [1.54, 1.807) is 6.92 Å². The summed E-state index contributed by atoms with van der Waals surface area (Å²) in [6.45, 7) is 0.290. The first kappa shape index (κ1) is 28.7.